The van der Waals surface area contributed by atoms with Gasteiger partial charge in [-0.2, -0.15) is 0 Å². The van der Waals surface area contributed by atoms with Crippen LogP contribution in [-0.2, 0) is 19.2 Å². The van der Waals surface area contributed by atoms with E-state index in [-0.39, 0.29) is 6.42 Å². The van der Waals surface area contributed by atoms with Crippen molar-refractivity contribution in [3.05, 3.63) is 42.0 Å². The van der Waals surface area contributed by atoms with Crippen molar-refractivity contribution in [2.75, 3.05) is 0 Å². The Bertz CT molecular complexity index is 530. The van der Waals surface area contributed by atoms with Gasteiger partial charge in [0, 0.05) is 0 Å². The highest BCUT2D eigenvalue weighted by atomic mass is 16.4. The third-order valence-corrected chi connectivity index (χ3v) is 2.58. The molecule has 0 aromatic heterocycles. The van der Waals surface area contributed by atoms with Gasteiger partial charge in [-0.15, -0.1) is 0 Å². The number of aliphatic carboxylic acids is 1. The maximum absolute atomic E-state index is 11.7. The molecule has 0 aliphatic heterocycles. The molecule has 0 fully saturated rings. The summed E-state index contributed by atoms with van der Waals surface area (Å²) in [4.78, 5) is 44.1. The van der Waals surface area contributed by atoms with Crippen molar-refractivity contribution in [2.24, 2.45) is 5.92 Å². The number of benzene rings is 1. The SMILES string of the molecule is O=CCC(=O)CC(=O)C(C=Cc1ccccc1)C(=O)O. The lowest BCUT2D eigenvalue weighted by atomic mass is 9.98. The second-order valence-electron chi connectivity index (χ2n) is 4.14. The van der Waals surface area contributed by atoms with E-state index in [2.05, 4.69) is 0 Å². The van der Waals surface area contributed by atoms with Crippen LogP contribution < -0.4 is 0 Å². The van der Waals surface area contributed by atoms with Gasteiger partial charge in [-0.3, -0.25) is 14.4 Å². The molecular formula is C15H14O5. The highest BCUT2D eigenvalue weighted by Crippen LogP contribution is 2.10. The van der Waals surface area contributed by atoms with Crippen molar-refractivity contribution in [3.8, 4) is 0 Å². The Kier molecular flexibility index (Phi) is 6.03. The van der Waals surface area contributed by atoms with Gasteiger partial charge in [0.25, 0.3) is 0 Å². The smallest absolute Gasteiger partial charge is 0.317 e. The number of aldehydes is 1. The quantitative estimate of drug-likeness (QED) is 0.573. The fraction of sp³-hybridized carbons (Fsp3) is 0.200. The molecule has 0 bridgehead atoms. The molecule has 1 unspecified atom stereocenters. The summed E-state index contributed by atoms with van der Waals surface area (Å²) in [6.45, 7) is 0. The first-order valence-electron chi connectivity index (χ1n) is 5.98. The topological polar surface area (TPSA) is 88.5 Å². The van der Waals surface area contributed by atoms with Crippen LogP contribution >= 0.6 is 0 Å². The number of carbonyl (C=O) groups excluding carboxylic acids is 3. The Balaban J connectivity index is 2.77. The number of carboxylic acid groups (broad SMARTS) is 1. The van der Waals surface area contributed by atoms with Crippen LogP contribution in [0.15, 0.2) is 36.4 Å². The summed E-state index contributed by atoms with van der Waals surface area (Å²) in [5.41, 5.74) is 0.755. The van der Waals surface area contributed by atoms with Crippen LogP contribution in [0.5, 0.6) is 0 Å². The minimum absolute atomic E-state index is 0.375. The molecule has 0 aliphatic carbocycles. The number of Topliss-reactive ketones (excluding diaryl/α,β-unsaturated/α-hetero) is 2. The van der Waals surface area contributed by atoms with Crippen molar-refractivity contribution in [2.45, 2.75) is 12.8 Å². The zero-order chi connectivity index (χ0) is 15.0. The lowest BCUT2D eigenvalue weighted by molar-refractivity contribution is -0.144. The summed E-state index contributed by atoms with van der Waals surface area (Å²) in [6, 6.07) is 8.90. The first-order valence-corrected chi connectivity index (χ1v) is 5.98. The zero-order valence-corrected chi connectivity index (χ0v) is 10.7. The molecule has 1 N–H and O–H groups in total. The van der Waals surface area contributed by atoms with E-state index in [1.54, 1.807) is 24.3 Å². The van der Waals surface area contributed by atoms with E-state index >= 15 is 0 Å². The minimum atomic E-state index is -1.38. The molecule has 1 aromatic rings. The van der Waals surface area contributed by atoms with Crippen LogP contribution in [0.25, 0.3) is 6.08 Å². The van der Waals surface area contributed by atoms with Gasteiger partial charge in [0.15, 0.2) is 5.78 Å². The molecule has 1 atom stereocenters. The summed E-state index contributed by atoms with van der Waals surface area (Å²) in [6.07, 6.45) is 2.23. The first-order chi connectivity index (χ1) is 9.54. The summed E-state index contributed by atoms with van der Waals surface area (Å²) < 4.78 is 0. The highest BCUT2D eigenvalue weighted by Gasteiger charge is 2.24. The number of carboxylic acids is 1. The standard InChI is InChI=1S/C15H14O5/c16-9-8-12(17)10-14(18)13(15(19)20)7-6-11-4-2-1-3-5-11/h1-7,9,13H,8,10H2,(H,19,20). The fourth-order valence-corrected chi connectivity index (χ4v) is 1.57. The third kappa shape index (κ3) is 4.97. The van der Waals surface area contributed by atoms with E-state index in [1.807, 2.05) is 6.07 Å². The molecule has 0 radical (unpaired) electrons. The zero-order valence-electron chi connectivity index (χ0n) is 10.7. The number of hydrogen-bond donors (Lipinski definition) is 1. The van der Waals surface area contributed by atoms with Gasteiger partial charge in [0.1, 0.15) is 18.0 Å². The largest absolute Gasteiger partial charge is 0.480 e. The maximum Gasteiger partial charge on any atom is 0.317 e. The lowest BCUT2D eigenvalue weighted by Crippen LogP contribution is -2.24. The van der Waals surface area contributed by atoms with E-state index in [1.165, 1.54) is 12.2 Å². The molecule has 104 valence electrons. The van der Waals surface area contributed by atoms with Crippen LogP contribution in [0.1, 0.15) is 18.4 Å². The van der Waals surface area contributed by atoms with Gasteiger partial charge in [0.05, 0.1) is 12.8 Å². The average Bonchev–Trinajstić information content (AvgIpc) is 2.39. The first kappa shape index (κ1) is 15.5. The molecule has 0 saturated carbocycles. The molecule has 0 amide bonds. The average molecular weight is 274 g/mol. The normalized spacial score (nSPS) is 12.0. The van der Waals surface area contributed by atoms with Gasteiger partial charge in [-0.25, -0.2) is 0 Å². The Morgan fingerprint density at radius 3 is 2.35 bits per heavy atom. The maximum atomic E-state index is 11.7. The van der Waals surface area contributed by atoms with Crippen molar-refractivity contribution in [1.82, 2.24) is 0 Å². The molecule has 0 spiro atoms. The number of rotatable bonds is 8. The predicted molar refractivity (Wildman–Crippen MR) is 71.9 cm³/mol. The van der Waals surface area contributed by atoms with Crippen LogP contribution in [0.4, 0.5) is 0 Å². The number of ketones is 2. The monoisotopic (exact) mass is 274 g/mol. The van der Waals surface area contributed by atoms with Crippen LogP contribution in [-0.4, -0.2) is 28.9 Å². The Morgan fingerprint density at radius 2 is 1.80 bits per heavy atom. The lowest BCUT2D eigenvalue weighted by Gasteiger charge is -2.05. The Hall–Kier alpha value is -2.56. The fourth-order valence-electron chi connectivity index (χ4n) is 1.57. The van der Waals surface area contributed by atoms with E-state index in [0.717, 1.165) is 5.56 Å². The van der Waals surface area contributed by atoms with Crippen molar-refractivity contribution >= 4 is 29.9 Å². The molecule has 0 aliphatic rings. The summed E-state index contributed by atoms with van der Waals surface area (Å²) in [7, 11) is 0. The van der Waals surface area contributed by atoms with Crippen LogP contribution in [0.3, 0.4) is 0 Å². The molecule has 0 saturated heterocycles. The number of carbonyl (C=O) groups is 4. The van der Waals surface area contributed by atoms with E-state index in [9.17, 15) is 19.2 Å². The molecular weight excluding hydrogens is 260 g/mol. The molecule has 5 nitrogen and oxygen atoms in total. The van der Waals surface area contributed by atoms with E-state index in [0.29, 0.717) is 6.29 Å². The van der Waals surface area contributed by atoms with Crippen molar-refractivity contribution in [1.29, 1.82) is 0 Å². The molecule has 0 heterocycles. The summed E-state index contributed by atoms with van der Waals surface area (Å²) >= 11 is 0. The van der Waals surface area contributed by atoms with Gasteiger partial charge in [0.2, 0.25) is 0 Å². The minimum Gasteiger partial charge on any atom is -0.480 e. The second-order valence-corrected chi connectivity index (χ2v) is 4.14. The predicted octanol–water partition coefficient (Wildman–Crippen LogP) is 1.52. The van der Waals surface area contributed by atoms with Gasteiger partial charge < -0.3 is 9.90 Å². The molecule has 1 rings (SSSR count). The molecule has 5 heteroatoms. The van der Waals surface area contributed by atoms with E-state index in [4.69, 9.17) is 5.11 Å². The van der Waals surface area contributed by atoms with Crippen LogP contribution in [0, 0.1) is 5.92 Å². The molecule has 1 aromatic carbocycles. The van der Waals surface area contributed by atoms with Gasteiger partial charge in [-0.1, -0.05) is 42.5 Å². The van der Waals surface area contributed by atoms with Gasteiger partial charge >= 0.3 is 5.97 Å². The Morgan fingerprint density at radius 1 is 1.15 bits per heavy atom. The molecule has 20 heavy (non-hydrogen) atoms. The van der Waals surface area contributed by atoms with Crippen LogP contribution in [0.2, 0.25) is 0 Å². The van der Waals surface area contributed by atoms with Crippen molar-refractivity contribution < 1.29 is 24.3 Å². The van der Waals surface area contributed by atoms with Crippen molar-refractivity contribution in [3.63, 3.8) is 0 Å². The third-order valence-electron chi connectivity index (χ3n) is 2.58. The summed E-state index contributed by atoms with van der Waals surface area (Å²) in [5.74, 6) is -4.01. The Labute approximate surface area is 115 Å². The van der Waals surface area contributed by atoms with E-state index < -0.39 is 29.9 Å². The summed E-state index contributed by atoms with van der Waals surface area (Å²) in [5, 5.41) is 9.01. The number of hydrogen-bond acceptors (Lipinski definition) is 4. The van der Waals surface area contributed by atoms with Gasteiger partial charge in [-0.05, 0) is 5.56 Å². The highest BCUT2D eigenvalue weighted by molar-refractivity contribution is 6.10. The second kappa shape index (κ2) is 7.78.